The molecule has 1 aliphatic heterocycles. The van der Waals surface area contributed by atoms with Crippen LogP contribution in [0.1, 0.15) is 38.5 Å². The number of hydrogen-bond donors (Lipinski definition) is 0. The Labute approximate surface area is 98.1 Å². The summed E-state index contributed by atoms with van der Waals surface area (Å²) in [7, 11) is 0. The molecule has 0 aromatic carbocycles. The van der Waals surface area contributed by atoms with Gasteiger partial charge in [-0.15, -0.1) is 0 Å². The second-order valence-corrected chi connectivity index (χ2v) is 5.09. The average Bonchev–Trinajstić information content (AvgIpc) is 2.83. The van der Waals surface area contributed by atoms with Crippen molar-refractivity contribution in [1.82, 2.24) is 4.90 Å². The summed E-state index contributed by atoms with van der Waals surface area (Å²) in [5, 5.41) is 0. The van der Waals surface area contributed by atoms with E-state index >= 15 is 0 Å². The molecular weight excluding hydrogens is 202 g/mol. The van der Waals surface area contributed by atoms with Gasteiger partial charge in [-0.1, -0.05) is 0 Å². The predicted molar refractivity (Wildman–Crippen MR) is 63.4 cm³/mol. The Kier molecular flexibility index (Phi) is 4.79. The van der Waals surface area contributed by atoms with Gasteiger partial charge in [0, 0.05) is 12.5 Å². The molecule has 0 radical (unpaired) electrons. The number of ether oxygens (including phenoxy) is 1. The van der Waals surface area contributed by atoms with Gasteiger partial charge in [-0.25, -0.2) is 0 Å². The van der Waals surface area contributed by atoms with E-state index in [4.69, 9.17) is 4.74 Å². The number of aldehydes is 1. The van der Waals surface area contributed by atoms with Crippen LogP contribution in [0.3, 0.4) is 0 Å². The van der Waals surface area contributed by atoms with E-state index in [1.165, 1.54) is 25.9 Å². The Balaban J connectivity index is 1.54. The van der Waals surface area contributed by atoms with Crippen molar-refractivity contribution in [2.24, 2.45) is 5.92 Å². The van der Waals surface area contributed by atoms with Crippen molar-refractivity contribution < 1.29 is 9.53 Å². The molecule has 0 aromatic heterocycles. The van der Waals surface area contributed by atoms with Gasteiger partial charge >= 0.3 is 0 Å². The van der Waals surface area contributed by atoms with Gasteiger partial charge in [0.1, 0.15) is 6.29 Å². The van der Waals surface area contributed by atoms with Crippen LogP contribution in [0, 0.1) is 5.92 Å². The van der Waals surface area contributed by atoms with Crippen LogP contribution in [0.2, 0.25) is 0 Å². The van der Waals surface area contributed by atoms with Crippen LogP contribution in [-0.2, 0) is 9.53 Å². The molecule has 1 aliphatic carbocycles. The summed E-state index contributed by atoms with van der Waals surface area (Å²) in [6.45, 7) is 4.46. The number of rotatable bonds is 5. The van der Waals surface area contributed by atoms with Gasteiger partial charge < -0.3 is 14.4 Å². The third kappa shape index (κ3) is 3.56. The molecule has 0 unspecified atom stereocenters. The van der Waals surface area contributed by atoms with Crippen molar-refractivity contribution in [2.75, 3.05) is 26.2 Å². The zero-order chi connectivity index (χ0) is 11.2. The number of carbonyl (C=O) groups excluding carboxylic acids is 1. The minimum Gasteiger partial charge on any atom is -0.377 e. The molecule has 3 nitrogen and oxygen atoms in total. The first-order valence-corrected chi connectivity index (χ1v) is 6.68. The molecule has 16 heavy (non-hydrogen) atoms. The minimum atomic E-state index is 0.304. The summed E-state index contributed by atoms with van der Waals surface area (Å²) in [4.78, 5) is 13.1. The van der Waals surface area contributed by atoms with Gasteiger partial charge in [-0.05, 0) is 51.6 Å². The van der Waals surface area contributed by atoms with Crippen LogP contribution in [0.25, 0.3) is 0 Å². The second-order valence-electron chi connectivity index (χ2n) is 5.09. The zero-order valence-corrected chi connectivity index (χ0v) is 10.1. The van der Waals surface area contributed by atoms with E-state index in [9.17, 15) is 4.79 Å². The van der Waals surface area contributed by atoms with E-state index in [0.29, 0.717) is 12.0 Å². The van der Waals surface area contributed by atoms with Gasteiger partial charge in [0.25, 0.3) is 0 Å². The van der Waals surface area contributed by atoms with Crippen LogP contribution in [0.5, 0.6) is 0 Å². The Morgan fingerprint density at radius 3 is 2.44 bits per heavy atom. The Bertz CT molecular complexity index is 206. The fourth-order valence-electron chi connectivity index (χ4n) is 2.75. The molecule has 2 rings (SSSR count). The first kappa shape index (κ1) is 12.1. The maximum atomic E-state index is 10.6. The van der Waals surface area contributed by atoms with Gasteiger partial charge in [-0.3, -0.25) is 0 Å². The molecule has 92 valence electrons. The van der Waals surface area contributed by atoms with Gasteiger partial charge in [0.05, 0.1) is 12.7 Å². The zero-order valence-electron chi connectivity index (χ0n) is 10.1. The van der Waals surface area contributed by atoms with E-state index in [1.54, 1.807) is 0 Å². The second kappa shape index (κ2) is 6.36. The predicted octanol–water partition coefficient (Wildman–Crippen LogP) is 1.86. The largest absolute Gasteiger partial charge is 0.377 e. The first-order valence-electron chi connectivity index (χ1n) is 6.68. The third-order valence-corrected chi connectivity index (χ3v) is 3.87. The Morgan fingerprint density at radius 2 is 1.81 bits per heavy atom. The summed E-state index contributed by atoms with van der Waals surface area (Å²) in [5.74, 6) is 0.304. The highest BCUT2D eigenvalue weighted by atomic mass is 16.5. The monoisotopic (exact) mass is 225 g/mol. The van der Waals surface area contributed by atoms with E-state index in [1.807, 2.05) is 0 Å². The van der Waals surface area contributed by atoms with Crippen LogP contribution < -0.4 is 0 Å². The molecule has 3 heteroatoms. The minimum absolute atomic E-state index is 0.304. The number of carbonyl (C=O) groups is 1. The Morgan fingerprint density at radius 1 is 1.12 bits per heavy atom. The summed E-state index contributed by atoms with van der Waals surface area (Å²) < 4.78 is 5.88. The van der Waals surface area contributed by atoms with Crippen LogP contribution in [-0.4, -0.2) is 43.5 Å². The van der Waals surface area contributed by atoms with Gasteiger partial charge in [0.15, 0.2) is 0 Å². The lowest BCUT2D eigenvalue weighted by Crippen LogP contribution is -2.28. The van der Waals surface area contributed by atoms with Crippen LogP contribution in [0.15, 0.2) is 0 Å². The van der Waals surface area contributed by atoms with Crippen LogP contribution in [0.4, 0.5) is 0 Å². The van der Waals surface area contributed by atoms with Crippen LogP contribution >= 0.6 is 0 Å². The molecule has 2 fully saturated rings. The molecule has 0 atom stereocenters. The molecule has 0 amide bonds. The molecule has 0 spiro atoms. The molecule has 2 aliphatic rings. The quantitative estimate of drug-likeness (QED) is 0.669. The smallest absolute Gasteiger partial charge is 0.123 e. The number of nitrogens with zero attached hydrogens (tertiary/aromatic N) is 1. The molecule has 0 bridgehead atoms. The molecule has 0 N–H and O–H groups in total. The van der Waals surface area contributed by atoms with Gasteiger partial charge in [-0.2, -0.15) is 0 Å². The molecule has 1 saturated carbocycles. The highest BCUT2D eigenvalue weighted by molar-refractivity contribution is 5.53. The fraction of sp³-hybridized carbons (Fsp3) is 0.923. The molecule has 0 aromatic rings. The van der Waals surface area contributed by atoms with Crippen molar-refractivity contribution in [3.05, 3.63) is 0 Å². The average molecular weight is 225 g/mol. The standard InChI is InChI=1S/C13H23NO2/c15-11-12-3-5-13(6-4-12)16-10-9-14-7-1-2-8-14/h11-13H,1-10H2. The number of hydrogen-bond acceptors (Lipinski definition) is 3. The molecular formula is C13H23NO2. The highest BCUT2D eigenvalue weighted by Crippen LogP contribution is 2.24. The van der Waals surface area contributed by atoms with Crippen molar-refractivity contribution in [3.63, 3.8) is 0 Å². The molecule has 1 saturated heterocycles. The van der Waals surface area contributed by atoms with Crippen molar-refractivity contribution in [3.8, 4) is 0 Å². The maximum Gasteiger partial charge on any atom is 0.123 e. The summed E-state index contributed by atoms with van der Waals surface area (Å²) in [6, 6.07) is 0. The van der Waals surface area contributed by atoms with Gasteiger partial charge in [0.2, 0.25) is 0 Å². The highest BCUT2D eigenvalue weighted by Gasteiger charge is 2.21. The fourth-order valence-corrected chi connectivity index (χ4v) is 2.75. The lowest BCUT2D eigenvalue weighted by molar-refractivity contribution is -0.112. The maximum absolute atomic E-state index is 10.6. The van der Waals surface area contributed by atoms with Crippen molar-refractivity contribution in [2.45, 2.75) is 44.6 Å². The molecule has 1 heterocycles. The van der Waals surface area contributed by atoms with Crippen molar-refractivity contribution in [1.29, 1.82) is 0 Å². The Hall–Kier alpha value is -0.410. The normalized spacial score (nSPS) is 31.8. The summed E-state index contributed by atoms with van der Waals surface area (Å²) in [6.07, 6.45) is 8.43. The summed E-state index contributed by atoms with van der Waals surface area (Å²) >= 11 is 0. The van der Waals surface area contributed by atoms with E-state index in [-0.39, 0.29) is 0 Å². The lowest BCUT2D eigenvalue weighted by atomic mass is 9.88. The first-order chi connectivity index (χ1) is 7.88. The third-order valence-electron chi connectivity index (χ3n) is 3.87. The SMILES string of the molecule is O=CC1CCC(OCCN2CCCC2)CC1. The lowest BCUT2D eigenvalue weighted by Gasteiger charge is -2.26. The summed E-state index contributed by atoms with van der Waals surface area (Å²) in [5.41, 5.74) is 0. The van der Waals surface area contributed by atoms with E-state index < -0.39 is 0 Å². The topological polar surface area (TPSA) is 29.5 Å². The number of likely N-dealkylation sites (tertiary alicyclic amines) is 1. The van der Waals surface area contributed by atoms with Crippen molar-refractivity contribution >= 4 is 6.29 Å². The van der Waals surface area contributed by atoms with E-state index in [0.717, 1.165) is 45.1 Å². The van der Waals surface area contributed by atoms with E-state index in [2.05, 4.69) is 4.90 Å².